The fraction of sp³-hybridized carbons (Fsp3) is 0. The molecule has 0 amide bonds. The van der Waals surface area contributed by atoms with E-state index >= 15 is 0 Å². The Bertz CT molecular complexity index is 520. The molecule has 0 N–H and O–H groups in total. The summed E-state index contributed by atoms with van der Waals surface area (Å²) in [7, 11) is 0.459. The summed E-state index contributed by atoms with van der Waals surface area (Å²) in [6, 6.07) is 12.5. The fourth-order valence-corrected chi connectivity index (χ4v) is 2.36. The zero-order valence-electron chi connectivity index (χ0n) is 8.23. The molecule has 2 aromatic carbocycles. The molecule has 1 aliphatic rings. The predicted octanol–water partition coefficient (Wildman–Crippen LogP) is 3.85. The van der Waals surface area contributed by atoms with Gasteiger partial charge in [0.05, 0.1) is 8.81 Å². The van der Waals surface area contributed by atoms with E-state index < -0.39 is 0 Å². The molecule has 0 fully saturated rings. The first-order valence-electron chi connectivity index (χ1n) is 4.56. The van der Waals surface area contributed by atoms with Gasteiger partial charge in [-0.2, -0.15) is 9.90 Å². The second-order valence-electron chi connectivity index (χ2n) is 3.25. The third kappa shape index (κ3) is 1.78. The summed E-state index contributed by atoms with van der Waals surface area (Å²) in [5, 5.41) is 2.54. The first kappa shape index (κ1) is 10.6. The van der Waals surface area contributed by atoms with Crippen molar-refractivity contribution in [1.82, 2.24) is 0 Å². The molecule has 2 atom stereocenters. The lowest BCUT2D eigenvalue weighted by molar-refractivity contribution is 0.635. The van der Waals surface area contributed by atoms with E-state index in [0.717, 1.165) is 5.75 Å². The third-order valence-electron chi connectivity index (χ3n) is 2.42. The van der Waals surface area contributed by atoms with Gasteiger partial charge in [0.1, 0.15) is 5.75 Å². The fourth-order valence-electron chi connectivity index (χ4n) is 1.75. The van der Waals surface area contributed by atoms with Crippen LogP contribution in [-0.2, 0) is 0 Å². The lowest BCUT2D eigenvalue weighted by Crippen LogP contribution is -1.88. The van der Waals surface area contributed by atoms with Crippen LogP contribution in [0.1, 0.15) is 5.56 Å². The van der Waals surface area contributed by atoms with Crippen LogP contribution in [0.5, 0.6) is 5.75 Å². The standard InChI is InChI=1S/C12H9OP.H3P/c1-2-4-10-9(3-1)5-6-12-11(10)7-8-14-13-12;/h1-8,14H;1H3. The van der Waals surface area contributed by atoms with Gasteiger partial charge in [-0.1, -0.05) is 30.3 Å². The number of rotatable bonds is 0. The molecule has 2 aromatic rings. The van der Waals surface area contributed by atoms with E-state index in [9.17, 15) is 0 Å². The highest BCUT2D eigenvalue weighted by atomic mass is 31.1. The molecule has 0 spiro atoms. The SMILES string of the molecule is C1=Cc2c(ccc3ccccc23)OP1.P. The number of fused-ring (bicyclic) bond motifs is 3. The number of hydrogen-bond donors (Lipinski definition) is 0. The summed E-state index contributed by atoms with van der Waals surface area (Å²) in [5.74, 6) is 3.08. The molecule has 3 rings (SSSR count). The van der Waals surface area contributed by atoms with Crippen LogP contribution in [0.3, 0.4) is 0 Å². The molecule has 0 saturated carbocycles. The van der Waals surface area contributed by atoms with Gasteiger partial charge in [0.25, 0.3) is 0 Å². The molecule has 0 aromatic heterocycles. The minimum Gasteiger partial charge on any atom is -0.472 e. The largest absolute Gasteiger partial charge is 0.472 e. The second kappa shape index (κ2) is 4.31. The smallest absolute Gasteiger partial charge is 0.131 e. The first-order valence-corrected chi connectivity index (χ1v) is 5.54. The minimum absolute atomic E-state index is 0. The van der Waals surface area contributed by atoms with Gasteiger partial charge in [-0.15, -0.1) is 0 Å². The van der Waals surface area contributed by atoms with Crippen LogP contribution in [0.25, 0.3) is 16.8 Å². The number of benzene rings is 2. The normalized spacial score (nSPS) is 14.4. The average molecular weight is 234 g/mol. The zero-order chi connectivity index (χ0) is 9.38. The molecule has 3 heteroatoms. The highest BCUT2D eigenvalue weighted by Gasteiger charge is 2.08. The molecule has 15 heavy (non-hydrogen) atoms. The highest BCUT2D eigenvalue weighted by Crippen LogP contribution is 2.37. The lowest BCUT2D eigenvalue weighted by atomic mass is 10.0. The van der Waals surface area contributed by atoms with Crippen LogP contribution in [-0.4, -0.2) is 0 Å². The Morgan fingerprint density at radius 1 is 1.00 bits per heavy atom. The Morgan fingerprint density at radius 2 is 1.87 bits per heavy atom. The number of hydrogen-bond acceptors (Lipinski definition) is 1. The molecular weight excluding hydrogens is 222 g/mol. The molecule has 0 radical (unpaired) electrons. The van der Waals surface area contributed by atoms with Crippen molar-refractivity contribution in [2.24, 2.45) is 0 Å². The molecule has 1 nitrogen and oxygen atoms in total. The summed E-state index contributed by atoms with van der Waals surface area (Å²) in [4.78, 5) is 0. The van der Waals surface area contributed by atoms with E-state index in [1.54, 1.807) is 0 Å². The average Bonchev–Trinajstić information content (AvgIpc) is 2.29. The van der Waals surface area contributed by atoms with Gasteiger partial charge in [-0.25, -0.2) is 0 Å². The molecule has 1 heterocycles. The van der Waals surface area contributed by atoms with Crippen molar-refractivity contribution in [3.63, 3.8) is 0 Å². The van der Waals surface area contributed by atoms with E-state index in [4.69, 9.17) is 4.52 Å². The molecular formula is C12H12OP2. The van der Waals surface area contributed by atoms with Gasteiger partial charge in [0.15, 0.2) is 0 Å². The van der Waals surface area contributed by atoms with Crippen LogP contribution in [0.2, 0.25) is 0 Å². The molecule has 2 unspecified atom stereocenters. The van der Waals surface area contributed by atoms with E-state index in [1.165, 1.54) is 16.3 Å². The summed E-state index contributed by atoms with van der Waals surface area (Å²) in [6.45, 7) is 0. The van der Waals surface area contributed by atoms with Crippen molar-refractivity contribution in [3.8, 4) is 5.75 Å². The molecule has 76 valence electrons. The van der Waals surface area contributed by atoms with Crippen molar-refractivity contribution in [2.45, 2.75) is 0 Å². The van der Waals surface area contributed by atoms with Crippen LogP contribution in [0, 0.1) is 0 Å². The monoisotopic (exact) mass is 234 g/mol. The van der Waals surface area contributed by atoms with Crippen molar-refractivity contribution in [2.75, 3.05) is 0 Å². The van der Waals surface area contributed by atoms with Crippen molar-refractivity contribution < 1.29 is 4.52 Å². The maximum absolute atomic E-state index is 5.57. The van der Waals surface area contributed by atoms with Crippen molar-refractivity contribution >= 4 is 35.6 Å². The maximum Gasteiger partial charge on any atom is 0.131 e. The van der Waals surface area contributed by atoms with Gasteiger partial charge < -0.3 is 4.52 Å². The van der Waals surface area contributed by atoms with Gasteiger partial charge in [-0.3, -0.25) is 0 Å². The van der Waals surface area contributed by atoms with Crippen LogP contribution in [0.15, 0.2) is 42.2 Å². The van der Waals surface area contributed by atoms with Gasteiger partial charge in [0, 0.05) is 5.56 Å². The van der Waals surface area contributed by atoms with Gasteiger partial charge >= 0.3 is 0 Å². The Balaban J connectivity index is 0.000000853. The summed E-state index contributed by atoms with van der Waals surface area (Å²) >= 11 is 0. The second-order valence-corrected chi connectivity index (χ2v) is 4.02. The van der Waals surface area contributed by atoms with Crippen LogP contribution >= 0.6 is 18.7 Å². The Hall–Kier alpha value is -0.900. The highest BCUT2D eigenvalue weighted by molar-refractivity contribution is 7.37. The van der Waals surface area contributed by atoms with Crippen molar-refractivity contribution in [1.29, 1.82) is 0 Å². The molecule has 0 bridgehead atoms. The zero-order valence-corrected chi connectivity index (χ0v) is 10.6. The first-order chi connectivity index (χ1) is 6.95. The van der Waals surface area contributed by atoms with E-state index in [1.807, 2.05) is 6.07 Å². The van der Waals surface area contributed by atoms with E-state index in [-0.39, 0.29) is 9.90 Å². The Morgan fingerprint density at radius 3 is 2.80 bits per heavy atom. The quantitative estimate of drug-likeness (QED) is 0.629. The van der Waals surface area contributed by atoms with E-state index in [2.05, 4.69) is 42.2 Å². The van der Waals surface area contributed by atoms with Gasteiger partial charge in [-0.05, 0) is 28.7 Å². The van der Waals surface area contributed by atoms with Crippen LogP contribution in [0.4, 0.5) is 0 Å². The summed E-state index contributed by atoms with van der Waals surface area (Å²) in [6.07, 6.45) is 2.15. The lowest BCUT2D eigenvalue weighted by Gasteiger charge is -2.13. The minimum atomic E-state index is 0. The molecule has 1 aliphatic heterocycles. The molecule has 0 aliphatic carbocycles. The third-order valence-corrected chi connectivity index (χ3v) is 3.06. The Labute approximate surface area is 94.0 Å². The molecule has 0 saturated heterocycles. The summed E-state index contributed by atoms with van der Waals surface area (Å²) in [5.41, 5.74) is 1.21. The van der Waals surface area contributed by atoms with Crippen LogP contribution < -0.4 is 4.52 Å². The summed E-state index contributed by atoms with van der Waals surface area (Å²) < 4.78 is 5.57. The topological polar surface area (TPSA) is 9.23 Å². The predicted molar refractivity (Wildman–Crippen MR) is 73.0 cm³/mol. The Kier molecular flexibility index (Phi) is 3.05. The van der Waals surface area contributed by atoms with E-state index in [0.29, 0.717) is 8.81 Å². The van der Waals surface area contributed by atoms with Gasteiger partial charge in [0.2, 0.25) is 0 Å². The maximum atomic E-state index is 5.57. The van der Waals surface area contributed by atoms with Crippen molar-refractivity contribution in [3.05, 3.63) is 47.8 Å².